The van der Waals surface area contributed by atoms with E-state index in [4.69, 9.17) is 0 Å². The number of benzene rings is 1. The van der Waals surface area contributed by atoms with Gasteiger partial charge in [0.05, 0.1) is 0 Å². The van der Waals surface area contributed by atoms with E-state index in [2.05, 4.69) is 56.4 Å². The lowest BCUT2D eigenvalue weighted by molar-refractivity contribution is 0.380. The van der Waals surface area contributed by atoms with Gasteiger partial charge in [0.1, 0.15) is 0 Å². The van der Waals surface area contributed by atoms with Crippen LogP contribution in [0, 0.1) is 0 Å². The molecule has 1 aromatic carbocycles. The highest BCUT2D eigenvalue weighted by Gasteiger charge is 2.14. The number of hydrogen-bond donors (Lipinski definition) is 1. The van der Waals surface area contributed by atoms with Crippen molar-refractivity contribution in [3.63, 3.8) is 0 Å². The third kappa shape index (κ3) is 5.22. The molecule has 0 fully saturated rings. The van der Waals surface area contributed by atoms with E-state index in [-0.39, 0.29) is 0 Å². The van der Waals surface area contributed by atoms with Crippen LogP contribution in [0.2, 0.25) is 0 Å². The van der Waals surface area contributed by atoms with E-state index in [0.29, 0.717) is 12.1 Å². The van der Waals surface area contributed by atoms with Gasteiger partial charge in [-0.15, -0.1) is 0 Å². The lowest BCUT2D eigenvalue weighted by Gasteiger charge is -2.25. The maximum Gasteiger partial charge on any atom is 0.0322 e. The van der Waals surface area contributed by atoms with E-state index in [9.17, 15) is 0 Å². The molecule has 0 aliphatic heterocycles. The van der Waals surface area contributed by atoms with E-state index < -0.39 is 0 Å². The Morgan fingerprint density at radius 2 is 1.67 bits per heavy atom. The molecule has 2 unspecified atom stereocenters. The van der Waals surface area contributed by atoms with Crippen molar-refractivity contribution in [2.24, 2.45) is 0 Å². The first-order chi connectivity index (χ1) is 8.81. The second-order valence-electron chi connectivity index (χ2n) is 5.17. The Kier molecular flexibility index (Phi) is 7.75. The van der Waals surface area contributed by atoms with E-state index in [0.717, 1.165) is 0 Å². The Morgan fingerprint density at radius 1 is 0.944 bits per heavy atom. The third-order valence-electron chi connectivity index (χ3n) is 3.62. The summed E-state index contributed by atoms with van der Waals surface area (Å²) in [6.07, 6.45) is 7.60. The van der Waals surface area contributed by atoms with Crippen LogP contribution in [0.15, 0.2) is 30.3 Å². The summed E-state index contributed by atoms with van der Waals surface area (Å²) in [6.45, 7) is 6.83. The molecule has 0 aromatic heterocycles. The SMILES string of the molecule is CCCCC(NC(CC)CCC)c1ccccc1. The maximum absolute atomic E-state index is 3.86. The molecule has 1 aromatic rings. The summed E-state index contributed by atoms with van der Waals surface area (Å²) in [5, 5.41) is 3.86. The molecule has 0 saturated carbocycles. The largest absolute Gasteiger partial charge is 0.307 e. The molecule has 0 amide bonds. The van der Waals surface area contributed by atoms with Crippen LogP contribution < -0.4 is 5.32 Å². The summed E-state index contributed by atoms with van der Waals surface area (Å²) in [6, 6.07) is 12.1. The van der Waals surface area contributed by atoms with Gasteiger partial charge in [0.15, 0.2) is 0 Å². The number of rotatable bonds is 9. The summed E-state index contributed by atoms with van der Waals surface area (Å²) in [4.78, 5) is 0. The lowest BCUT2D eigenvalue weighted by Crippen LogP contribution is -2.32. The van der Waals surface area contributed by atoms with Gasteiger partial charge in [0.25, 0.3) is 0 Å². The molecule has 0 spiro atoms. The Labute approximate surface area is 113 Å². The van der Waals surface area contributed by atoms with Crippen molar-refractivity contribution >= 4 is 0 Å². The third-order valence-corrected chi connectivity index (χ3v) is 3.62. The van der Waals surface area contributed by atoms with Gasteiger partial charge < -0.3 is 5.32 Å². The van der Waals surface area contributed by atoms with Gasteiger partial charge in [-0.1, -0.05) is 70.4 Å². The predicted molar refractivity (Wildman–Crippen MR) is 80.8 cm³/mol. The smallest absolute Gasteiger partial charge is 0.0322 e. The van der Waals surface area contributed by atoms with Crippen LogP contribution in [0.1, 0.15) is 70.9 Å². The second-order valence-corrected chi connectivity index (χ2v) is 5.17. The van der Waals surface area contributed by atoms with Crippen LogP contribution in [0.3, 0.4) is 0 Å². The molecule has 0 saturated heterocycles. The van der Waals surface area contributed by atoms with Crippen LogP contribution in [0.4, 0.5) is 0 Å². The topological polar surface area (TPSA) is 12.0 Å². The van der Waals surface area contributed by atoms with Crippen LogP contribution in [0.5, 0.6) is 0 Å². The molecule has 1 N–H and O–H groups in total. The molecule has 1 heteroatoms. The lowest BCUT2D eigenvalue weighted by atomic mass is 9.98. The van der Waals surface area contributed by atoms with E-state index >= 15 is 0 Å². The Balaban J connectivity index is 2.65. The summed E-state index contributed by atoms with van der Waals surface area (Å²) in [5.74, 6) is 0. The van der Waals surface area contributed by atoms with Crippen LogP contribution in [0.25, 0.3) is 0 Å². The predicted octanol–water partition coefficient (Wildman–Crippen LogP) is 5.09. The number of nitrogens with one attached hydrogen (secondary N) is 1. The Bertz CT molecular complexity index is 294. The average Bonchev–Trinajstić information content (AvgIpc) is 2.43. The van der Waals surface area contributed by atoms with Gasteiger partial charge >= 0.3 is 0 Å². The van der Waals surface area contributed by atoms with Crippen molar-refractivity contribution in [1.29, 1.82) is 0 Å². The van der Waals surface area contributed by atoms with Crippen LogP contribution in [-0.2, 0) is 0 Å². The fourth-order valence-corrected chi connectivity index (χ4v) is 2.48. The van der Waals surface area contributed by atoms with Gasteiger partial charge in [0, 0.05) is 12.1 Å². The molecule has 102 valence electrons. The first-order valence-corrected chi connectivity index (χ1v) is 7.62. The molecule has 0 heterocycles. The zero-order valence-electron chi connectivity index (χ0n) is 12.3. The second kappa shape index (κ2) is 9.16. The van der Waals surface area contributed by atoms with Gasteiger partial charge in [-0.3, -0.25) is 0 Å². The van der Waals surface area contributed by atoms with E-state index in [1.807, 2.05) is 0 Å². The first kappa shape index (κ1) is 15.2. The fourth-order valence-electron chi connectivity index (χ4n) is 2.48. The van der Waals surface area contributed by atoms with Crippen molar-refractivity contribution < 1.29 is 0 Å². The van der Waals surface area contributed by atoms with Crippen molar-refractivity contribution in [3.8, 4) is 0 Å². The highest BCUT2D eigenvalue weighted by Crippen LogP contribution is 2.21. The molecular formula is C17H29N. The fraction of sp³-hybridized carbons (Fsp3) is 0.647. The zero-order chi connectivity index (χ0) is 13.2. The molecular weight excluding hydrogens is 218 g/mol. The molecule has 1 rings (SSSR count). The van der Waals surface area contributed by atoms with Crippen LogP contribution >= 0.6 is 0 Å². The molecule has 0 aliphatic carbocycles. The zero-order valence-corrected chi connectivity index (χ0v) is 12.3. The highest BCUT2D eigenvalue weighted by molar-refractivity contribution is 5.19. The number of unbranched alkanes of at least 4 members (excludes halogenated alkanes) is 1. The Hall–Kier alpha value is -0.820. The van der Waals surface area contributed by atoms with Gasteiger partial charge in [-0.2, -0.15) is 0 Å². The van der Waals surface area contributed by atoms with E-state index in [1.54, 1.807) is 0 Å². The van der Waals surface area contributed by atoms with Crippen molar-refractivity contribution in [2.75, 3.05) is 0 Å². The standard InChI is InChI=1S/C17H29N/c1-4-7-14-17(15-12-9-8-10-13-15)18-16(6-3)11-5-2/h8-10,12-13,16-18H,4-7,11,14H2,1-3H3. The Morgan fingerprint density at radius 3 is 2.22 bits per heavy atom. The van der Waals surface area contributed by atoms with Crippen molar-refractivity contribution in [3.05, 3.63) is 35.9 Å². The summed E-state index contributed by atoms with van der Waals surface area (Å²) < 4.78 is 0. The normalized spacial score (nSPS) is 14.4. The summed E-state index contributed by atoms with van der Waals surface area (Å²) >= 11 is 0. The minimum Gasteiger partial charge on any atom is -0.307 e. The molecule has 18 heavy (non-hydrogen) atoms. The summed E-state index contributed by atoms with van der Waals surface area (Å²) in [7, 11) is 0. The van der Waals surface area contributed by atoms with Gasteiger partial charge in [0.2, 0.25) is 0 Å². The highest BCUT2D eigenvalue weighted by atomic mass is 14.9. The quantitative estimate of drug-likeness (QED) is 0.641. The maximum atomic E-state index is 3.86. The molecule has 0 radical (unpaired) electrons. The monoisotopic (exact) mass is 247 g/mol. The number of hydrogen-bond acceptors (Lipinski definition) is 1. The minimum absolute atomic E-state index is 0.530. The molecule has 0 aliphatic rings. The average molecular weight is 247 g/mol. The van der Waals surface area contributed by atoms with Crippen molar-refractivity contribution in [2.45, 2.75) is 71.4 Å². The van der Waals surface area contributed by atoms with Gasteiger partial charge in [-0.25, -0.2) is 0 Å². The van der Waals surface area contributed by atoms with E-state index in [1.165, 1.54) is 44.1 Å². The molecule has 2 atom stereocenters. The minimum atomic E-state index is 0.530. The molecule has 0 bridgehead atoms. The molecule has 1 nitrogen and oxygen atoms in total. The van der Waals surface area contributed by atoms with Crippen molar-refractivity contribution in [1.82, 2.24) is 5.32 Å². The summed E-state index contributed by atoms with van der Waals surface area (Å²) in [5.41, 5.74) is 1.44. The first-order valence-electron chi connectivity index (χ1n) is 7.62. The van der Waals surface area contributed by atoms with Gasteiger partial charge in [-0.05, 0) is 24.8 Å². The van der Waals surface area contributed by atoms with Crippen LogP contribution in [-0.4, -0.2) is 6.04 Å².